The smallest absolute Gasteiger partial charge is 0.0568 e. The van der Waals surface area contributed by atoms with E-state index in [-0.39, 0.29) is 0 Å². The minimum absolute atomic E-state index is 0.717. The first kappa shape index (κ1) is 10.7. The van der Waals surface area contributed by atoms with Gasteiger partial charge in [0.25, 0.3) is 0 Å². The van der Waals surface area contributed by atoms with Gasteiger partial charge in [-0.05, 0) is 34.7 Å². The van der Waals surface area contributed by atoms with E-state index in [1.165, 1.54) is 9.26 Å². The second-order valence-corrected chi connectivity index (χ2v) is 4.64. The number of halogens is 1. The van der Waals surface area contributed by atoms with E-state index < -0.39 is 0 Å². The molecule has 0 radical (unpaired) electrons. The summed E-state index contributed by atoms with van der Waals surface area (Å²) in [6.07, 6.45) is 0. The lowest BCUT2D eigenvalue weighted by molar-refractivity contribution is 0.266. The topological polar surface area (TPSA) is 35.9 Å². The van der Waals surface area contributed by atoms with Crippen LogP contribution in [0.15, 0.2) is 29.6 Å². The minimum Gasteiger partial charge on any atom is -0.367 e. The van der Waals surface area contributed by atoms with Gasteiger partial charge in [0, 0.05) is 16.7 Å². The van der Waals surface area contributed by atoms with E-state index in [1.54, 1.807) is 5.01 Å². The third-order valence-electron chi connectivity index (χ3n) is 2.56. The van der Waals surface area contributed by atoms with Crippen LogP contribution in [0, 0.1) is 8.48 Å². The molecule has 1 fully saturated rings. The Kier molecular flexibility index (Phi) is 3.40. The molecule has 2 rings (SSSR count). The number of para-hydroxylation sites is 1. The van der Waals surface area contributed by atoms with Gasteiger partial charge >= 0.3 is 0 Å². The second kappa shape index (κ2) is 4.78. The quantitative estimate of drug-likeness (QED) is 0.619. The van der Waals surface area contributed by atoms with Gasteiger partial charge in [-0.25, -0.2) is 0 Å². The monoisotopic (exact) mass is 317 g/mol. The molecular formula is C10H12IN3O. The maximum atomic E-state index is 10.3. The molecule has 0 atom stereocenters. The van der Waals surface area contributed by atoms with Crippen molar-refractivity contribution >= 4 is 28.3 Å². The lowest BCUT2D eigenvalue weighted by Crippen LogP contribution is -2.44. The Labute approximate surface area is 102 Å². The van der Waals surface area contributed by atoms with Crippen LogP contribution in [0.5, 0.6) is 0 Å². The van der Waals surface area contributed by atoms with Crippen molar-refractivity contribution < 1.29 is 0 Å². The molecule has 1 aliphatic rings. The number of nitroso groups, excluding NO2 is 1. The molecule has 0 N–H and O–H groups in total. The molecule has 0 saturated carbocycles. The summed E-state index contributed by atoms with van der Waals surface area (Å²) < 4.78 is 1.25. The highest BCUT2D eigenvalue weighted by molar-refractivity contribution is 14.1. The molecule has 0 unspecified atom stereocenters. The Morgan fingerprint density at radius 1 is 1.13 bits per heavy atom. The molecule has 0 amide bonds. The van der Waals surface area contributed by atoms with Gasteiger partial charge in [0.1, 0.15) is 0 Å². The van der Waals surface area contributed by atoms with Crippen molar-refractivity contribution in [1.29, 1.82) is 0 Å². The standard InChI is InChI=1S/C10H12IN3O/c11-9-3-1-2-4-10(9)13-5-7-14(12-15)8-6-13/h1-4H,5-8H2. The Morgan fingerprint density at radius 3 is 2.40 bits per heavy atom. The lowest BCUT2D eigenvalue weighted by Gasteiger charge is -2.33. The van der Waals surface area contributed by atoms with E-state index in [9.17, 15) is 4.91 Å². The van der Waals surface area contributed by atoms with Crippen molar-refractivity contribution in [2.75, 3.05) is 31.1 Å². The first-order chi connectivity index (χ1) is 7.31. The van der Waals surface area contributed by atoms with Crippen LogP contribution in [0.1, 0.15) is 0 Å². The highest BCUT2D eigenvalue weighted by Gasteiger charge is 2.17. The first-order valence-corrected chi connectivity index (χ1v) is 5.97. The van der Waals surface area contributed by atoms with Crippen molar-refractivity contribution in [2.45, 2.75) is 0 Å². The maximum Gasteiger partial charge on any atom is 0.0568 e. The first-order valence-electron chi connectivity index (χ1n) is 4.89. The zero-order valence-electron chi connectivity index (χ0n) is 8.27. The van der Waals surface area contributed by atoms with E-state index in [4.69, 9.17) is 0 Å². The molecule has 1 aromatic rings. The van der Waals surface area contributed by atoms with E-state index in [1.807, 2.05) is 12.1 Å². The van der Waals surface area contributed by atoms with Crippen LogP contribution in [0.25, 0.3) is 0 Å². The molecule has 1 heterocycles. The number of benzene rings is 1. The van der Waals surface area contributed by atoms with Gasteiger partial charge in [0.15, 0.2) is 0 Å². The molecule has 1 aliphatic heterocycles. The molecule has 0 bridgehead atoms. The molecule has 1 aromatic carbocycles. The Bertz CT molecular complexity index is 350. The number of piperazine rings is 1. The summed E-state index contributed by atoms with van der Waals surface area (Å²) in [7, 11) is 0. The summed E-state index contributed by atoms with van der Waals surface area (Å²) in [6.45, 7) is 3.17. The zero-order chi connectivity index (χ0) is 10.7. The maximum absolute atomic E-state index is 10.3. The van der Waals surface area contributed by atoms with Gasteiger partial charge < -0.3 is 4.90 Å². The van der Waals surface area contributed by atoms with Crippen molar-refractivity contribution in [3.63, 3.8) is 0 Å². The number of hydrogen-bond acceptors (Lipinski definition) is 3. The summed E-state index contributed by atoms with van der Waals surface area (Å²) >= 11 is 2.34. The van der Waals surface area contributed by atoms with Gasteiger partial charge in [0.05, 0.1) is 24.1 Å². The average Bonchev–Trinajstić information content (AvgIpc) is 2.30. The lowest BCUT2D eigenvalue weighted by atomic mass is 10.2. The number of anilines is 1. The molecule has 4 nitrogen and oxygen atoms in total. The Balaban J connectivity index is 2.07. The van der Waals surface area contributed by atoms with Gasteiger partial charge in [-0.3, -0.25) is 5.01 Å². The molecule has 5 heteroatoms. The van der Waals surface area contributed by atoms with Gasteiger partial charge in [-0.1, -0.05) is 12.1 Å². The van der Waals surface area contributed by atoms with Crippen LogP contribution in [0.2, 0.25) is 0 Å². The molecule has 0 aliphatic carbocycles. The SMILES string of the molecule is O=NN1CCN(c2ccccc2I)CC1. The van der Waals surface area contributed by atoms with Crippen molar-refractivity contribution in [3.05, 3.63) is 32.7 Å². The summed E-state index contributed by atoms with van der Waals surface area (Å²) in [6, 6.07) is 8.29. The van der Waals surface area contributed by atoms with Crippen molar-refractivity contribution in [2.24, 2.45) is 5.29 Å². The fourth-order valence-electron chi connectivity index (χ4n) is 1.73. The fourth-order valence-corrected chi connectivity index (χ4v) is 2.46. The molecule has 0 spiro atoms. The third-order valence-corrected chi connectivity index (χ3v) is 3.48. The fraction of sp³-hybridized carbons (Fsp3) is 0.400. The molecule has 1 saturated heterocycles. The summed E-state index contributed by atoms with van der Waals surface area (Å²) in [5.74, 6) is 0. The van der Waals surface area contributed by atoms with E-state index in [2.05, 4.69) is 44.9 Å². The van der Waals surface area contributed by atoms with Crippen LogP contribution in [-0.2, 0) is 0 Å². The van der Waals surface area contributed by atoms with Gasteiger partial charge in [0.2, 0.25) is 0 Å². The third kappa shape index (κ3) is 2.39. The molecule has 0 aromatic heterocycles. The summed E-state index contributed by atoms with van der Waals surface area (Å²) in [5, 5.41) is 4.53. The summed E-state index contributed by atoms with van der Waals surface area (Å²) in [4.78, 5) is 12.6. The van der Waals surface area contributed by atoms with Crippen LogP contribution in [0.4, 0.5) is 5.69 Å². The summed E-state index contributed by atoms with van der Waals surface area (Å²) in [5.41, 5.74) is 1.25. The number of rotatable bonds is 2. The normalized spacial score (nSPS) is 16.6. The van der Waals surface area contributed by atoms with Crippen molar-refractivity contribution in [1.82, 2.24) is 5.01 Å². The predicted molar refractivity (Wildman–Crippen MR) is 68.7 cm³/mol. The number of nitrogens with zero attached hydrogens (tertiary/aromatic N) is 3. The van der Waals surface area contributed by atoms with E-state index in [0.717, 1.165) is 13.1 Å². The molecule has 15 heavy (non-hydrogen) atoms. The molecule has 80 valence electrons. The average molecular weight is 317 g/mol. The van der Waals surface area contributed by atoms with E-state index in [0.29, 0.717) is 13.1 Å². The second-order valence-electron chi connectivity index (χ2n) is 3.47. The highest BCUT2D eigenvalue weighted by Crippen LogP contribution is 2.22. The van der Waals surface area contributed by atoms with Crippen LogP contribution >= 0.6 is 22.6 Å². The molecular weight excluding hydrogens is 305 g/mol. The minimum atomic E-state index is 0.717. The Morgan fingerprint density at radius 2 is 1.80 bits per heavy atom. The number of hydrogen-bond donors (Lipinski definition) is 0. The zero-order valence-corrected chi connectivity index (χ0v) is 10.4. The van der Waals surface area contributed by atoms with Crippen LogP contribution in [0.3, 0.4) is 0 Å². The highest BCUT2D eigenvalue weighted by atomic mass is 127. The van der Waals surface area contributed by atoms with Crippen LogP contribution < -0.4 is 4.90 Å². The van der Waals surface area contributed by atoms with Gasteiger partial charge in [-0.2, -0.15) is 0 Å². The van der Waals surface area contributed by atoms with Crippen LogP contribution in [-0.4, -0.2) is 31.2 Å². The largest absolute Gasteiger partial charge is 0.367 e. The predicted octanol–water partition coefficient (Wildman–Crippen LogP) is 2.09. The van der Waals surface area contributed by atoms with Gasteiger partial charge in [-0.15, -0.1) is 4.91 Å². The Hall–Kier alpha value is -0.850. The van der Waals surface area contributed by atoms with E-state index >= 15 is 0 Å². The van der Waals surface area contributed by atoms with Crippen molar-refractivity contribution in [3.8, 4) is 0 Å².